The number of ether oxygens (including phenoxy) is 6. The van der Waals surface area contributed by atoms with Gasteiger partial charge in [-0.3, -0.25) is 0 Å². The van der Waals surface area contributed by atoms with Crippen molar-refractivity contribution in [3.8, 4) is 11.5 Å². The summed E-state index contributed by atoms with van der Waals surface area (Å²) in [6.45, 7) is 8.09. The van der Waals surface area contributed by atoms with Crippen molar-refractivity contribution in [2.75, 3.05) is 39.5 Å². The summed E-state index contributed by atoms with van der Waals surface area (Å²) < 4.78 is 32.6. The van der Waals surface area contributed by atoms with Crippen molar-refractivity contribution in [3.05, 3.63) is 85.5 Å². The van der Waals surface area contributed by atoms with E-state index in [1.807, 2.05) is 18.2 Å². The Hall–Kier alpha value is -5.00. The minimum Gasteiger partial charge on any atom is -0.490 e. The second-order valence-electron chi connectivity index (χ2n) is 9.86. The van der Waals surface area contributed by atoms with Crippen LogP contribution in [0, 0.1) is 0 Å². The van der Waals surface area contributed by atoms with Gasteiger partial charge in [0.2, 0.25) is 0 Å². The zero-order chi connectivity index (χ0) is 33.2. The molecule has 46 heavy (non-hydrogen) atoms. The molecule has 0 spiro atoms. The highest BCUT2D eigenvalue weighted by atomic mass is 16.6. The van der Waals surface area contributed by atoms with E-state index in [1.165, 1.54) is 0 Å². The molecule has 2 amide bonds. The van der Waals surface area contributed by atoms with Crippen LogP contribution >= 0.6 is 0 Å². The Labute approximate surface area is 270 Å². The molecule has 0 bridgehead atoms. The van der Waals surface area contributed by atoms with Crippen LogP contribution in [0.2, 0.25) is 0 Å². The number of para-hydroxylation sites is 2. The number of carbonyl (C=O) groups is 4. The lowest BCUT2D eigenvalue weighted by molar-refractivity contribution is -0.138. The first-order valence-electron chi connectivity index (χ1n) is 15.2. The van der Waals surface area contributed by atoms with Crippen LogP contribution in [0.25, 0.3) is 0 Å². The maximum Gasteiger partial charge on any atom is 0.407 e. The number of carbonyl (C=O) groups excluding carboxylic acids is 4. The maximum atomic E-state index is 12.5. The molecule has 1 unspecified atom stereocenters. The molecule has 2 N–H and O–H groups in total. The maximum absolute atomic E-state index is 12.5. The third-order valence-electron chi connectivity index (χ3n) is 6.21. The Morgan fingerprint density at radius 2 is 1.22 bits per heavy atom. The zero-order valence-electron chi connectivity index (χ0n) is 26.1. The average Bonchev–Trinajstić information content (AvgIpc) is 3.08. The first-order valence-corrected chi connectivity index (χ1v) is 15.2. The fourth-order valence-corrected chi connectivity index (χ4v) is 3.81. The van der Waals surface area contributed by atoms with E-state index in [2.05, 4.69) is 23.8 Å². The SMILES string of the molecule is C=CC(=O)OCCCCCNC(=O)OCc1ccccc1OCC(COc1ccccc1)OC(=O)NCCCCCOC(=O)C=C. The van der Waals surface area contributed by atoms with Gasteiger partial charge in [-0.05, 0) is 56.7 Å². The lowest BCUT2D eigenvalue weighted by Gasteiger charge is -2.20. The van der Waals surface area contributed by atoms with Gasteiger partial charge in [0.15, 0.2) is 6.10 Å². The number of nitrogens with one attached hydrogen (secondary N) is 2. The molecular formula is C34H44N2O10. The Bertz CT molecular complexity index is 1220. The number of hydrogen-bond donors (Lipinski definition) is 2. The molecule has 0 fully saturated rings. The smallest absolute Gasteiger partial charge is 0.407 e. The van der Waals surface area contributed by atoms with Crippen LogP contribution in [0.5, 0.6) is 11.5 Å². The van der Waals surface area contributed by atoms with Crippen molar-refractivity contribution in [1.82, 2.24) is 10.6 Å². The summed E-state index contributed by atoms with van der Waals surface area (Å²) >= 11 is 0. The molecule has 0 aliphatic rings. The van der Waals surface area contributed by atoms with Gasteiger partial charge in [-0.1, -0.05) is 49.6 Å². The normalized spacial score (nSPS) is 10.9. The number of rotatable bonds is 23. The summed E-state index contributed by atoms with van der Waals surface area (Å²) in [5.74, 6) is 0.170. The summed E-state index contributed by atoms with van der Waals surface area (Å²) in [6, 6.07) is 16.2. The number of esters is 2. The van der Waals surface area contributed by atoms with Gasteiger partial charge in [-0.15, -0.1) is 0 Å². The van der Waals surface area contributed by atoms with Crippen molar-refractivity contribution in [2.24, 2.45) is 0 Å². The molecule has 0 radical (unpaired) electrons. The molecule has 0 saturated carbocycles. The first-order chi connectivity index (χ1) is 22.4. The van der Waals surface area contributed by atoms with Gasteiger partial charge < -0.3 is 39.1 Å². The van der Waals surface area contributed by atoms with E-state index in [0.29, 0.717) is 69.0 Å². The first kappa shape index (κ1) is 37.2. The highest BCUT2D eigenvalue weighted by Gasteiger charge is 2.18. The number of benzene rings is 2. The molecule has 2 aromatic carbocycles. The van der Waals surface area contributed by atoms with Gasteiger partial charge in [-0.2, -0.15) is 0 Å². The van der Waals surface area contributed by atoms with E-state index in [-0.39, 0.29) is 19.8 Å². The quantitative estimate of drug-likeness (QED) is 0.0713. The summed E-state index contributed by atoms with van der Waals surface area (Å²) in [5, 5.41) is 5.41. The van der Waals surface area contributed by atoms with Crippen LogP contribution in [-0.2, 0) is 35.1 Å². The lowest BCUT2D eigenvalue weighted by atomic mass is 10.2. The third kappa shape index (κ3) is 17.3. The van der Waals surface area contributed by atoms with Gasteiger partial charge >= 0.3 is 24.1 Å². The van der Waals surface area contributed by atoms with Crippen molar-refractivity contribution in [2.45, 2.75) is 51.2 Å². The predicted octanol–water partition coefficient (Wildman–Crippen LogP) is 5.26. The minimum absolute atomic E-state index is 0.0136. The molecule has 1 atom stereocenters. The van der Waals surface area contributed by atoms with Crippen LogP contribution in [0.3, 0.4) is 0 Å². The van der Waals surface area contributed by atoms with E-state index < -0.39 is 30.2 Å². The standard InChI is InChI=1S/C34H44N2O10/c1-3-31(37)41-22-14-6-12-20-35-33(39)45-24-27-16-10-11-19-30(27)44-26-29(25-43-28-17-8-5-9-18-28)46-34(40)36-21-13-7-15-23-42-32(38)4-2/h3-5,8-11,16-19,29H,1-2,6-7,12-15,20-26H2,(H,35,39)(H,36,40). The van der Waals surface area contributed by atoms with Crippen molar-refractivity contribution >= 4 is 24.1 Å². The third-order valence-corrected chi connectivity index (χ3v) is 6.21. The van der Waals surface area contributed by atoms with Crippen molar-refractivity contribution in [1.29, 1.82) is 0 Å². The Kier molecular flexibility index (Phi) is 18.9. The van der Waals surface area contributed by atoms with Crippen LogP contribution in [-0.4, -0.2) is 69.7 Å². The molecule has 0 saturated heterocycles. The van der Waals surface area contributed by atoms with Crippen molar-refractivity contribution in [3.63, 3.8) is 0 Å². The number of unbranched alkanes of at least 4 members (excludes halogenated alkanes) is 4. The Balaban J connectivity index is 1.79. The highest BCUT2D eigenvalue weighted by molar-refractivity contribution is 5.81. The lowest BCUT2D eigenvalue weighted by Crippen LogP contribution is -2.36. The Morgan fingerprint density at radius 3 is 1.85 bits per heavy atom. The van der Waals surface area contributed by atoms with Crippen LogP contribution in [0.15, 0.2) is 79.9 Å². The largest absolute Gasteiger partial charge is 0.490 e. The molecule has 12 heteroatoms. The van der Waals surface area contributed by atoms with E-state index in [9.17, 15) is 19.2 Å². The fourth-order valence-electron chi connectivity index (χ4n) is 3.81. The number of amides is 2. The van der Waals surface area contributed by atoms with Crippen LogP contribution in [0.1, 0.15) is 44.1 Å². The van der Waals surface area contributed by atoms with E-state index >= 15 is 0 Å². The van der Waals surface area contributed by atoms with Crippen LogP contribution < -0.4 is 20.1 Å². The van der Waals surface area contributed by atoms with E-state index in [4.69, 9.17) is 28.4 Å². The fraction of sp³-hybridized carbons (Fsp3) is 0.412. The zero-order valence-corrected chi connectivity index (χ0v) is 26.1. The molecule has 0 aromatic heterocycles. The van der Waals surface area contributed by atoms with Gasteiger partial charge in [0, 0.05) is 30.8 Å². The number of hydrogen-bond acceptors (Lipinski definition) is 10. The average molecular weight is 641 g/mol. The van der Waals surface area contributed by atoms with Gasteiger partial charge in [0.05, 0.1) is 13.2 Å². The molecule has 2 rings (SSSR count). The summed E-state index contributed by atoms with van der Waals surface area (Å²) in [4.78, 5) is 46.8. The number of alkyl carbamates (subject to hydrolysis) is 2. The molecule has 2 aromatic rings. The van der Waals surface area contributed by atoms with Crippen molar-refractivity contribution < 1.29 is 47.6 Å². The topological polar surface area (TPSA) is 148 Å². The molecule has 0 aliphatic carbocycles. The molecule has 12 nitrogen and oxygen atoms in total. The molecule has 250 valence electrons. The van der Waals surface area contributed by atoms with Gasteiger partial charge in [-0.25, -0.2) is 19.2 Å². The molecule has 0 aliphatic heterocycles. The highest BCUT2D eigenvalue weighted by Crippen LogP contribution is 2.20. The summed E-state index contributed by atoms with van der Waals surface area (Å²) in [7, 11) is 0. The predicted molar refractivity (Wildman–Crippen MR) is 170 cm³/mol. The summed E-state index contributed by atoms with van der Waals surface area (Å²) in [6.07, 6.45) is 4.54. The minimum atomic E-state index is -0.754. The van der Waals surface area contributed by atoms with E-state index in [0.717, 1.165) is 25.0 Å². The second-order valence-corrected chi connectivity index (χ2v) is 9.86. The van der Waals surface area contributed by atoms with E-state index in [1.54, 1.807) is 36.4 Å². The van der Waals surface area contributed by atoms with Gasteiger partial charge in [0.1, 0.15) is 31.3 Å². The second kappa shape index (κ2) is 23.4. The van der Waals surface area contributed by atoms with Crippen LogP contribution in [0.4, 0.5) is 9.59 Å². The molecule has 0 heterocycles. The molecular weight excluding hydrogens is 596 g/mol. The monoisotopic (exact) mass is 640 g/mol. The summed E-state index contributed by atoms with van der Waals surface area (Å²) in [5.41, 5.74) is 0.632. The van der Waals surface area contributed by atoms with Gasteiger partial charge in [0.25, 0.3) is 0 Å². The Morgan fingerprint density at radius 1 is 0.652 bits per heavy atom.